The van der Waals surface area contributed by atoms with E-state index < -0.39 is 0 Å². The van der Waals surface area contributed by atoms with Crippen molar-refractivity contribution in [2.75, 3.05) is 4.90 Å². The first-order valence-corrected chi connectivity index (χ1v) is 18.2. The highest BCUT2D eigenvalue weighted by Crippen LogP contribution is 2.45. The van der Waals surface area contributed by atoms with Crippen LogP contribution in [0.2, 0.25) is 0 Å². The lowest BCUT2D eigenvalue weighted by Gasteiger charge is -2.26. The van der Waals surface area contributed by atoms with Crippen molar-refractivity contribution in [2.45, 2.75) is 0 Å². The summed E-state index contributed by atoms with van der Waals surface area (Å²) in [7, 11) is 0. The van der Waals surface area contributed by atoms with Crippen molar-refractivity contribution in [3.63, 3.8) is 0 Å². The first-order valence-electron chi connectivity index (χ1n) is 16.6. The van der Waals surface area contributed by atoms with E-state index in [1.165, 1.54) is 79.1 Å². The van der Waals surface area contributed by atoms with Crippen LogP contribution in [0.4, 0.5) is 17.1 Å². The van der Waals surface area contributed by atoms with E-state index in [1.807, 2.05) is 22.7 Å². The molecule has 0 fully saturated rings. The van der Waals surface area contributed by atoms with E-state index in [2.05, 4.69) is 181 Å². The van der Waals surface area contributed by atoms with E-state index in [1.54, 1.807) is 0 Å². The predicted molar refractivity (Wildman–Crippen MR) is 215 cm³/mol. The molecule has 10 aromatic rings. The van der Waals surface area contributed by atoms with Crippen LogP contribution in [-0.4, -0.2) is 0 Å². The Hall–Kier alpha value is -5.74. The molecule has 0 saturated carbocycles. The summed E-state index contributed by atoms with van der Waals surface area (Å²) in [5.74, 6) is 0. The molecule has 2 aromatic heterocycles. The lowest BCUT2D eigenvalue weighted by Crippen LogP contribution is -2.10. The van der Waals surface area contributed by atoms with Crippen molar-refractivity contribution in [3.05, 3.63) is 176 Å². The van der Waals surface area contributed by atoms with Gasteiger partial charge in [0.05, 0.1) is 10.4 Å². The third-order valence-electron chi connectivity index (χ3n) is 9.65. The number of benzene rings is 8. The second-order valence-corrected chi connectivity index (χ2v) is 14.7. The van der Waals surface area contributed by atoms with Crippen molar-refractivity contribution in [2.24, 2.45) is 0 Å². The first kappa shape index (κ1) is 28.3. The number of hydrogen-bond donors (Lipinski definition) is 0. The van der Waals surface area contributed by atoms with Gasteiger partial charge in [0.2, 0.25) is 0 Å². The highest BCUT2D eigenvalue weighted by molar-refractivity contribution is 7.26. The van der Waals surface area contributed by atoms with Gasteiger partial charge in [-0.05, 0) is 93.7 Å². The zero-order valence-corrected chi connectivity index (χ0v) is 28.1. The Morgan fingerprint density at radius 1 is 0.327 bits per heavy atom. The molecule has 0 unspecified atom stereocenters. The molecule has 8 aromatic carbocycles. The third-order valence-corrected chi connectivity index (χ3v) is 12.0. The van der Waals surface area contributed by atoms with Gasteiger partial charge in [0.1, 0.15) is 0 Å². The molecule has 0 atom stereocenters. The Balaban J connectivity index is 1.08. The Morgan fingerprint density at radius 3 is 1.63 bits per heavy atom. The summed E-state index contributed by atoms with van der Waals surface area (Å²) in [5.41, 5.74) is 8.33. The van der Waals surface area contributed by atoms with Crippen LogP contribution < -0.4 is 4.90 Å². The van der Waals surface area contributed by atoms with E-state index >= 15 is 0 Å². The highest BCUT2D eigenvalue weighted by Gasteiger charge is 2.18. The molecular weight excluding hydrogens is 631 g/mol. The molecular formula is C46H29NS2. The summed E-state index contributed by atoms with van der Waals surface area (Å²) in [6, 6.07) is 64.4. The van der Waals surface area contributed by atoms with Gasteiger partial charge >= 0.3 is 0 Å². The summed E-state index contributed by atoms with van der Waals surface area (Å²) >= 11 is 3.74. The fourth-order valence-corrected chi connectivity index (χ4v) is 9.56. The Labute approximate surface area is 292 Å². The number of nitrogens with zero attached hydrogens (tertiary/aromatic N) is 1. The highest BCUT2D eigenvalue weighted by atomic mass is 32.1. The van der Waals surface area contributed by atoms with Gasteiger partial charge in [-0.3, -0.25) is 0 Å². The molecule has 49 heavy (non-hydrogen) atoms. The molecule has 0 aliphatic carbocycles. The third kappa shape index (κ3) is 4.82. The monoisotopic (exact) mass is 659 g/mol. The zero-order valence-electron chi connectivity index (χ0n) is 26.5. The standard InChI is InChI=1S/C46H29NS2/c1-2-9-30(10-3-1)31-19-23-36(24-20-31)47(42-14-8-13-40-38-11-4-7-16-44(38)49-46(40)42)37-25-21-32(22-26-37)33-17-18-34-29-45-41(28-35(34)27-33)39-12-5-6-15-43(39)48-45/h1-29H. The SMILES string of the molecule is c1ccc(-c2ccc(N(c3ccc(-c4ccc5cc6sc7ccccc7c6cc5c4)cc3)c3cccc4c3sc3ccccc34)cc2)cc1. The van der Waals surface area contributed by atoms with Gasteiger partial charge in [-0.2, -0.15) is 0 Å². The fraction of sp³-hybridized carbons (Fsp3) is 0. The summed E-state index contributed by atoms with van der Waals surface area (Å²) in [6.45, 7) is 0. The number of hydrogen-bond acceptors (Lipinski definition) is 3. The number of rotatable bonds is 5. The van der Waals surface area contributed by atoms with Crippen LogP contribution in [0.5, 0.6) is 0 Å². The van der Waals surface area contributed by atoms with Crippen LogP contribution in [-0.2, 0) is 0 Å². The van der Waals surface area contributed by atoms with Gasteiger partial charge in [-0.1, -0.05) is 115 Å². The van der Waals surface area contributed by atoms with E-state index in [0.717, 1.165) is 11.4 Å². The molecule has 0 bridgehead atoms. The van der Waals surface area contributed by atoms with Gasteiger partial charge in [-0.15, -0.1) is 22.7 Å². The topological polar surface area (TPSA) is 3.24 Å². The number of fused-ring (bicyclic) bond motifs is 7. The van der Waals surface area contributed by atoms with Crippen LogP contribution in [0.25, 0.3) is 73.4 Å². The molecule has 2 heterocycles. The molecule has 0 aliphatic heterocycles. The smallest absolute Gasteiger partial charge is 0.0640 e. The van der Waals surface area contributed by atoms with Crippen LogP contribution in [0.3, 0.4) is 0 Å². The van der Waals surface area contributed by atoms with Gasteiger partial charge < -0.3 is 4.90 Å². The molecule has 0 spiro atoms. The average molecular weight is 660 g/mol. The Morgan fingerprint density at radius 2 is 0.898 bits per heavy atom. The largest absolute Gasteiger partial charge is 0.309 e. The minimum absolute atomic E-state index is 1.13. The summed E-state index contributed by atoms with van der Waals surface area (Å²) in [6.07, 6.45) is 0. The second kappa shape index (κ2) is 11.5. The van der Waals surface area contributed by atoms with Crippen molar-refractivity contribution in [1.82, 2.24) is 0 Å². The fourth-order valence-electron chi connectivity index (χ4n) is 7.22. The molecule has 3 heteroatoms. The van der Waals surface area contributed by atoms with Crippen molar-refractivity contribution < 1.29 is 0 Å². The van der Waals surface area contributed by atoms with Gasteiger partial charge in [0, 0.05) is 47.0 Å². The van der Waals surface area contributed by atoms with E-state index in [-0.39, 0.29) is 0 Å². The van der Waals surface area contributed by atoms with Gasteiger partial charge in [-0.25, -0.2) is 0 Å². The number of anilines is 3. The van der Waals surface area contributed by atoms with Gasteiger partial charge in [0.25, 0.3) is 0 Å². The lowest BCUT2D eigenvalue weighted by atomic mass is 9.99. The maximum atomic E-state index is 2.41. The maximum Gasteiger partial charge on any atom is 0.0640 e. The quantitative estimate of drug-likeness (QED) is 0.178. The van der Waals surface area contributed by atoms with E-state index in [4.69, 9.17) is 0 Å². The minimum Gasteiger partial charge on any atom is -0.309 e. The van der Waals surface area contributed by atoms with Crippen LogP contribution >= 0.6 is 22.7 Å². The van der Waals surface area contributed by atoms with Gasteiger partial charge in [0.15, 0.2) is 0 Å². The average Bonchev–Trinajstić information content (AvgIpc) is 3.73. The predicted octanol–water partition coefficient (Wildman–Crippen LogP) is 14.4. The van der Waals surface area contributed by atoms with Crippen molar-refractivity contribution in [1.29, 1.82) is 0 Å². The summed E-state index contributed by atoms with van der Waals surface area (Å²) in [4.78, 5) is 2.41. The second-order valence-electron chi connectivity index (χ2n) is 12.6. The van der Waals surface area contributed by atoms with Crippen LogP contribution in [0.15, 0.2) is 176 Å². The van der Waals surface area contributed by atoms with Crippen LogP contribution in [0.1, 0.15) is 0 Å². The first-order chi connectivity index (χ1) is 24.3. The maximum absolute atomic E-state index is 2.41. The number of thiophene rings is 2. The lowest BCUT2D eigenvalue weighted by molar-refractivity contribution is 1.30. The molecule has 0 aliphatic rings. The van der Waals surface area contributed by atoms with Crippen LogP contribution in [0, 0.1) is 0 Å². The molecule has 10 rings (SSSR count). The molecule has 0 amide bonds. The molecule has 0 saturated heterocycles. The van der Waals surface area contributed by atoms with E-state index in [9.17, 15) is 0 Å². The van der Waals surface area contributed by atoms with Crippen molar-refractivity contribution >= 4 is 90.9 Å². The Bertz CT molecular complexity index is 2810. The van der Waals surface area contributed by atoms with Crippen molar-refractivity contribution in [3.8, 4) is 22.3 Å². The summed E-state index contributed by atoms with van der Waals surface area (Å²) < 4.78 is 5.29. The zero-order chi connectivity index (χ0) is 32.3. The minimum atomic E-state index is 1.13. The summed E-state index contributed by atoms with van der Waals surface area (Å²) in [5, 5.41) is 7.83. The Kier molecular flexibility index (Phi) is 6.61. The molecule has 1 nitrogen and oxygen atoms in total. The normalized spacial score (nSPS) is 11.7. The van der Waals surface area contributed by atoms with E-state index in [0.29, 0.717) is 0 Å². The molecule has 0 radical (unpaired) electrons. The molecule has 230 valence electrons. The molecule has 0 N–H and O–H groups in total.